The number of likely N-dealkylation sites (tertiary alicyclic amines) is 1. The Morgan fingerprint density at radius 2 is 1.81 bits per heavy atom. The molecule has 3 nitrogen and oxygen atoms in total. The summed E-state index contributed by atoms with van der Waals surface area (Å²) in [6.07, 6.45) is 2.21. The van der Waals surface area contributed by atoms with Crippen molar-refractivity contribution in [3.05, 3.63) is 35.4 Å². The number of hydrogen-bond acceptors (Lipinski definition) is 2. The number of aryl methyl sites for hydroxylation is 1. The third-order valence-electron chi connectivity index (χ3n) is 3.12. The molecule has 86 valence electrons. The van der Waals surface area contributed by atoms with Gasteiger partial charge in [-0.1, -0.05) is 29.8 Å². The molecule has 1 saturated heterocycles. The highest BCUT2D eigenvalue weighted by Gasteiger charge is 2.24. The number of rotatable bonds is 2. The predicted molar refractivity (Wildman–Crippen MR) is 63.9 cm³/mol. The molecule has 3 heteroatoms. The Hall–Kier alpha value is -1.35. The molecule has 1 aliphatic rings. The highest BCUT2D eigenvalue weighted by atomic mass is 16.2. The van der Waals surface area contributed by atoms with Crippen molar-refractivity contribution in [2.75, 3.05) is 13.1 Å². The molecular weight excluding hydrogens is 200 g/mol. The maximum atomic E-state index is 12.0. The molecular formula is C13H18N2O. The van der Waals surface area contributed by atoms with E-state index in [0.29, 0.717) is 0 Å². The van der Waals surface area contributed by atoms with E-state index in [0.717, 1.165) is 31.5 Å². The fourth-order valence-corrected chi connectivity index (χ4v) is 2.05. The minimum atomic E-state index is -0.501. The minimum absolute atomic E-state index is 0.0568. The van der Waals surface area contributed by atoms with E-state index in [-0.39, 0.29) is 5.91 Å². The lowest BCUT2D eigenvalue weighted by molar-refractivity contribution is -0.131. The first-order valence-electron chi connectivity index (χ1n) is 5.79. The standard InChI is InChI=1S/C13H18N2O/c1-10-4-6-11(7-5-10)12(14)13(16)15-8-2-3-9-15/h4-7,12H,2-3,8-9,14H2,1H3. The van der Waals surface area contributed by atoms with Crippen LogP contribution in [0.15, 0.2) is 24.3 Å². The number of amides is 1. The first-order chi connectivity index (χ1) is 7.68. The summed E-state index contributed by atoms with van der Waals surface area (Å²) in [4.78, 5) is 13.9. The summed E-state index contributed by atoms with van der Waals surface area (Å²) >= 11 is 0. The second-order valence-corrected chi connectivity index (χ2v) is 4.42. The molecule has 1 amide bonds. The number of benzene rings is 1. The average molecular weight is 218 g/mol. The SMILES string of the molecule is Cc1ccc(C(N)C(=O)N2CCCC2)cc1. The van der Waals surface area contributed by atoms with Crippen molar-refractivity contribution < 1.29 is 4.79 Å². The van der Waals surface area contributed by atoms with Gasteiger partial charge in [0.25, 0.3) is 0 Å². The van der Waals surface area contributed by atoms with E-state index in [9.17, 15) is 4.79 Å². The van der Waals surface area contributed by atoms with Crippen LogP contribution in [0.5, 0.6) is 0 Å². The second-order valence-electron chi connectivity index (χ2n) is 4.42. The van der Waals surface area contributed by atoms with E-state index in [1.54, 1.807) is 0 Å². The van der Waals surface area contributed by atoms with Gasteiger partial charge in [0.05, 0.1) is 0 Å². The van der Waals surface area contributed by atoms with Gasteiger partial charge in [0, 0.05) is 13.1 Å². The van der Waals surface area contributed by atoms with Gasteiger partial charge in [-0.15, -0.1) is 0 Å². The number of nitrogens with zero attached hydrogens (tertiary/aromatic N) is 1. The van der Waals surface area contributed by atoms with Crippen molar-refractivity contribution >= 4 is 5.91 Å². The fraction of sp³-hybridized carbons (Fsp3) is 0.462. The van der Waals surface area contributed by atoms with Gasteiger partial charge in [-0.25, -0.2) is 0 Å². The van der Waals surface area contributed by atoms with Crippen LogP contribution in [0.2, 0.25) is 0 Å². The number of hydrogen-bond donors (Lipinski definition) is 1. The molecule has 0 bridgehead atoms. The van der Waals surface area contributed by atoms with Crippen LogP contribution in [0.3, 0.4) is 0 Å². The average Bonchev–Trinajstić information content (AvgIpc) is 2.81. The van der Waals surface area contributed by atoms with Crippen molar-refractivity contribution in [3.63, 3.8) is 0 Å². The van der Waals surface area contributed by atoms with E-state index < -0.39 is 6.04 Å². The maximum absolute atomic E-state index is 12.0. The topological polar surface area (TPSA) is 46.3 Å². The molecule has 1 aromatic carbocycles. The van der Waals surface area contributed by atoms with Crippen molar-refractivity contribution in [1.82, 2.24) is 4.90 Å². The smallest absolute Gasteiger partial charge is 0.244 e. The van der Waals surface area contributed by atoms with Crippen LogP contribution in [0.4, 0.5) is 0 Å². The lowest BCUT2D eigenvalue weighted by Crippen LogP contribution is -2.36. The first-order valence-corrected chi connectivity index (χ1v) is 5.79. The molecule has 0 aliphatic carbocycles. The van der Waals surface area contributed by atoms with Gasteiger partial charge in [-0.2, -0.15) is 0 Å². The van der Waals surface area contributed by atoms with Crippen LogP contribution in [0.25, 0.3) is 0 Å². The Morgan fingerprint density at radius 3 is 2.38 bits per heavy atom. The quantitative estimate of drug-likeness (QED) is 0.820. The molecule has 16 heavy (non-hydrogen) atoms. The Morgan fingerprint density at radius 1 is 1.25 bits per heavy atom. The summed E-state index contributed by atoms with van der Waals surface area (Å²) in [6.45, 7) is 3.74. The van der Waals surface area contributed by atoms with Gasteiger partial charge in [-0.05, 0) is 25.3 Å². The van der Waals surface area contributed by atoms with Gasteiger partial charge in [0.1, 0.15) is 6.04 Å². The fourth-order valence-electron chi connectivity index (χ4n) is 2.05. The zero-order valence-electron chi connectivity index (χ0n) is 9.65. The molecule has 1 aliphatic heterocycles. The van der Waals surface area contributed by atoms with E-state index in [1.165, 1.54) is 5.56 Å². The van der Waals surface area contributed by atoms with Crippen LogP contribution in [-0.2, 0) is 4.79 Å². The first kappa shape index (κ1) is 11.1. The van der Waals surface area contributed by atoms with Crippen molar-refractivity contribution in [3.8, 4) is 0 Å². The van der Waals surface area contributed by atoms with Crippen molar-refractivity contribution in [2.24, 2.45) is 5.73 Å². The highest BCUT2D eigenvalue weighted by Crippen LogP contribution is 2.17. The van der Waals surface area contributed by atoms with Crippen LogP contribution in [0.1, 0.15) is 30.0 Å². The summed E-state index contributed by atoms with van der Waals surface area (Å²) in [7, 11) is 0. The third-order valence-corrected chi connectivity index (χ3v) is 3.12. The minimum Gasteiger partial charge on any atom is -0.341 e. The maximum Gasteiger partial charge on any atom is 0.244 e. The molecule has 1 heterocycles. The van der Waals surface area contributed by atoms with Crippen LogP contribution in [-0.4, -0.2) is 23.9 Å². The summed E-state index contributed by atoms with van der Waals surface area (Å²) in [5, 5.41) is 0. The Bertz CT molecular complexity index is 366. The molecule has 1 unspecified atom stereocenters. The van der Waals surface area contributed by atoms with Gasteiger partial charge in [0.2, 0.25) is 5.91 Å². The number of carbonyl (C=O) groups is 1. The molecule has 2 rings (SSSR count). The highest BCUT2D eigenvalue weighted by molar-refractivity contribution is 5.83. The summed E-state index contributed by atoms with van der Waals surface area (Å²) in [5.74, 6) is 0.0568. The second kappa shape index (κ2) is 4.66. The third kappa shape index (κ3) is 2.25. The Labute approximate surface area is 96.2 Å². The van der Waals surface area contributed by atoms with Gasteiger partial charge < -0.3 is 10.6 Å². The Balaban J connectivity index is 2.08. The number of nitrogens with two attached hydrogens (primary N) is 1. The molecule has 0 saturated carbocycles. The van der Waals surface area contributed by atoms with Gasteiger partial charge in [0.15, 0.2) is 0 Å². The summed E-state index contributed by atoms with van der Waals surface area (Å²) in [6, 6.07) is 7.36. The normalized spacial score (nSPS) is 17.5. The van der Waals surface area contributed by atoms with E-state index in [2.05, 4.69) is 0 Å². The molecule has 0 aromatic heterocycles. The molecule has 1 atom stereocenters. The van der Waals surface area contributed by atoms with E-state index >= 15 is 0 Å². The molecule has 0 radical (unpaired) electrons. The largest absolute Gasteiger partial charge is 0.341 e. The monoisotopic (exact) mass is 218 g/mol. The van der Waals surface area contributed by atoms with E-state index in [4.69, 9.17) is 5.73 Å². The summed E-state index contributed by atoms with van der Waals surface area (Å²) in [5.41, 5.74) is 8.07. The predicted octanol–water partition coefficient (Wildman–Crippen LogP) is 1.62. The Kier molecular flexibility index (Phi) is 3.25. The lowest BCUT2D eigenvalue weighted by Gasteiger charge is -2.20. The van der Waals surface area contributed by atoms with Crippen LogP contribution in [0, 0.1) is 6.92 Å². The van der Waals surface area contributed by atoms with Crippen molar-refractivity contribution in [1.29, 1.82) is 0 Å². The van der Waals surface area contributed by atoms with Gasteiger partial charge >= 0.3 is 0 Å². The zero-order valence-corrected chi connectivity index (χ0v) is 9.65. The van der Waals surface area contributed by atoms with Gasteiger partial charge in [-0.3, -0.25) is 4.79 Å². The molecule has 0 spiro atoms. The molecule has 2 N–H and O–H groups in total. The number of carbonyl (C=O) groups excluding carboxylic acids is 1. The zero-order chi connectivity index (χ0) is 11.5. The van der Waals surface area contributed by atoms with Crippen LogP contribution < -0.4 is 5.73 Å². The van der Waals surface area contributed by atoms with Crippen molar-refractivity contribution in [2.45, 2.75) is 25.8 Å². The van der Waals surface area contributed by atoms with Crippen LogP contribution >= 0.6 is 0 Å². The molecule has 1 fully saturated rings. The molecule has 1 aromatic rings. The lowest BCUT2D eigenvalue weighted by atomic mass is 10.1. The van der Waals surface area contributed by atoms with E-state index in [1.807, 2.05) is 36.1 Å². The summed E-state index contributed by atoms with van der Waals surface area (Å²) < 4.78 is 0.